The van der Waals surface area contributed by atoms with Gasteiger partial charge >= 0.3 is 0 Å². The first-order valence-electron chi connectivity index (χ1n) is 8.74. The van der Waals surface area contributed by atoms with E-state index in [-0.39, 0.29) is 24.3 Å². The van der Waals surface area contributed by atoms with Gasteiger partial charge < -0.3 is 16.4 Å². The molecule has 1 aromatic heterocycles. The average molecular weight is 375 g/mol. The molecule has 2 rings (SSSR count). The zero-order valence-electron chi connectivity index (χ0n) is 15.4. The van der Waals surface area contributed by atoms with Gasteiger partial charge in [-0.3, -0.25) is 9.59 Å². The van der Waals surface area contributed by atoms with E-state index in [1.165, 1.54) is 22.5 Å². The topological polar surface area (TPSA) is 97.1 Å². The molecule has 0 spiro atoms. The third-order valence-corrected chi connectivity index (χ3v) is 4.93. The van der Waals surface area contributed by atoms with Crippen molar-refractivity contribution >= 4 is 28.3 Å². The Bertz CT molecular complexity index is 758. The van der Waals surface area contributed by atoms with Crippen molar-refractivity contribution in [2.75, 3.05) is 11.9 Å². The number of hydrogen-bond acceptors (Lipinski definition) is 5. The highest BCUT2D eigenvalue weighted by atomic mass is 32.1. The van der Waals surface area contributed by atoms with Crippen LogP contribution in [0.15, 0.2) is 30.5 Å². The number of nitrogens with zero attached hydrogens (tertiary/aromatic N) is 1. The zero-order valence-corrected chi connectivity index (χ0v) is 16.2. The Balaban J connectivity index is 1.85. The second-order valence-electron chi connectivity index (χ2n) is 6.52. The molecule has 4 N–H and O–H groups in total. The van der Waals surface area contributed by atoms with Crippen LogP contribution in [-0.2, 0) is 22.4 Å². The van der Waals surface area contributed by atoms with Crippen molar-refractivity contribution in [3.63, 3.8) is 0 Å². The predicted molar refractivity (Wildman–Crippen MR) is 105 cm³/mol. The Morgan fingerprint density at radius 2 is 2.00 bits per heavy atom. The SMILES string of the molecule is CCc1cccc(Cc2cnc(NC(=O)CNC(=O)[C@@H](N)C(C)C)s2)c1. The van der Waals surface area contributed by atoms with Crippen LogP contribution in [0.4, 0.5) is 5.13 Å². The Hall–Kier alpha value is -2.25. The quantitative estimate of drug-likeness (QED) is 0.661. The molecule has 6 nitrogen and oxygen atoms in total. The van der Waals surface area contributed by atoms with Crippen LogP contribution < -0.4 is 16.4 Å². The lowest BCUT2D eigenvalue weighted by atomic mass is 10.1. The molecule has 2 amide bonds. The fourth-order valence-corrected chi connectivity index (χ4v) is 3.22. The summed E-state index contributed by atoms with van der Waals surface area (Å²) in [6.07, 6.45) is 3.55. The summed E-state index contributed by atoms with van der Waals surface area (Å²) in [5, 5.41) is 5.78. The van der Waals surface area contributed by atoms with Crippen LogP contribution in [0.2, 0.25) is 0 Å². The lowest BCUT2D eigenvalue weighted by molar-refractivity contribution is -0.125. The fourth-order valence-electron chi connectivity index (χ4n) is 2.36. The number of carbonyl (C=O) groups excluding carboxylic acids is 2. The molecule has 0 bridgehead atoms. The lowest BCUT2D eigenvalue weighted by Crippen LogP contribution is -2.46. The van der Waals surface area contributed by atoms with E-state index in [2.05, 4.69) is 46.8 Å². The second kappa shape index (κ2) is 9.45. The maximum absolute atomic E-state index is 12.0. The van der Waals surface area contributed by atoms with Crippen LogP contribution >= 0.6 is 11.3 Å². The molecule has 2 aromatic rings. The first-order valence-corrected chi connectivity index (χ1v) is 9.56. The highest BCUT2D eigenvalue weighted by Crippen LogP contribution is 2.21. The maximum atomic E-state index is 12.0. The molecule has 0 radical (unpaired) electrons. The van der Waals surface area contributed by atoms with Crippen molar-refractivity contribution in [1.82, 2.24) is 10.3 Å². The summed E-state index contributed by atoms with van der Waals surface area (Å²) < 4.78 is 0. The minimum Gasteiger partial charge on any atom is -0.346 e. The van der Waals surface area contributed by atoms with E-state index in [1.807, 2.05) is 13.8 Å². The standard InChI is InChI=1S/C19H26N4O2S/c1-4-13-6-5-7-14(8-13)9-15-10-22-19(26-15)23-16(24)11-21-18(25)17(20)12(2)3/h5-8,10,12,17H,4,9,11,20H2,1-3H3,(H,21,25)(H,22,23,24)/t17-/m0/s1. The van der Waals surface area contributed by atoms with Crippen LogP contribution in [0, 0.1) is 5.92 Å². The van der Waals surface area contributed by atoms with Crippen LogP contribution in [0.25, 0.3) is 0 Å². The van der Waals surface area contributed by atoms with Gasteiger partial charge in [0.15, 0.2) is 5.13 Å². The number of aromatic nitrogens is 1. The van der Waals surface area contributed by atoms with Gasteiger partial charge in [0.2, 0.25) is 11.8 Å². The molecule has 0 aliphatic heterocycles. The van der Waals surface area contributed by atoms with Gasteiger partial charge in [-0.15, -0.1) is 11.3 Å². The molecule has 26 heavy (non-hydrogen) atoms. The van der Waals surface area contributed by atoms with Crippen LogP contribution in [0.5, 0.6) is 0 Å². The number of benzene rings is 1. The first-order chi connectivity index (χ1) is 12.4. The van der Waals surface area contributed by atoms with Crippen molar-refractivity contribution in [2.45, 2.75) is 39.7 Å². The molecule has 7 heteroatoms. The molecule has 0 aliphatic rings. The number of carbonyl (C=O) groups is 2. The number of nitrogens with one attached hydrogen (secondary N) is 2. The predicted octanol–water partition coefficient (Wildman–Crippen LogP) is 2.33. The van der Waals surface area contributed by atoms with Gasteiger partial charge in [0, 0.05) is 17.5 Å². The zero-order chi connectivity index (χ0) is 19.1. The largest absolute Gasteiger partial charge is 0.346 e. The second-order valence-corrected chi connectivity index (χ2v) is 7.63. The van der Waals surface area contributed by atoms with Gasteiger partial charge in [-0.1, -0.05) is 45.0 Å². The number of nitrogens with two attached hydrogens (primary N) is 1. The Kier molecular flexibility index (Phi) is 7.29. The highest BCUT2D eigenvalue weighted by Gasteiger charge is 2.17. The van der Waals surface area contributed by atoms with E-state index < -0.39 is 6.04 Å². The molecule has 0 saturated heterocycles. The molecule has 140 valence electrons. The summed E-state index contributed by atoms with van der Waals surface area (Å²) in [6, 6.07) is 7.83. The summed E-state index contributed by atoms with van der Waals surface area (Å²) in [5.74, 6) is -0.625. The third-order valence-electron chi connectivity index (χ3n) is 4.02. The third kappa shape index (κ3) is 5.93. The number of rotatable bonds is 8. The van der Waals surface area contributed by atoms with Crippen molar-refractivity contribution in [2.24, 2.45) is 11.7 Å². The maximum Gasteiger partial charge on any atom is 0.245 e. The van der Waals surface area contributed by atoms with Gasteiger partial charge in [0.05, 0.1) is 12.6 Å². The molecular weight excluding hydrogens is 348 g/mol. The average Bonchev–Trinajstić information content (AvgIpc) is 3.05. The van der Waals surface area contributed by atoms with Crippen molar-refractivity contribution in [3.8, 4) is 0 Å². The van der Waals surface area contributed by atoms with Crippen molar-refractivity contribution < 1.29 is 9.59 Å². The number of thiazole rings is 1. The molecule has 1 atom stereocenters. The van der Waals surface area contributed by atoms with Gasteiger partial charge in [0.25, 0.3) is 0 Å². The van der Waals surface area contributed by atoms with E-state index >= 15 is 0 Å². The van der Waals surface area contributed by atoms with E-state index in [1.54, 1.807) is 6.20 Å². The van der Waals surface area contributed by atoms with Gasteiger partial charge in [0.1, 0.15) is 0 Å². The number of amides is 2. The van der Waals surface area contributed by atoms with Gasteiger partial charge in [-0.05, 0) is 23.5 Å². The minimum absolute atomic E-state index is 0.0193. The molecule has 0 unspecified atom stereocenters. The molecule has 0 saturated carbocycles. The van der Waals surface area contributed by atoms with Crippen LogP contribution in [0.1, 0.15) is 36.8 Å². The van der Waals surface area contributed by atoms with Gasteiger partial charge in [-0.25, -0.2) is 4.98 Å². The van der Waals surface area contributed by atoms with Crippen molar-refractivity contribution in [1.29, 1.82) is 0 Å². The Labute approximate surface area is 158 Å². The molecule has 0 aliphatic carbocycles. The van der Waals surface area contributed by atoms with Crippen LogP contribution in [0.3, 0.4) is 0 Å². The van der Waals surface area contributed by atoms with E-state index in [4.69, 9.17) is 5.73 Å². The molecule has 1 heterocycles. The summed E-state index contributed by atoms with van der Waals surface area (Å²) in [4.78, 5) is 29.0. The molecule has 0 fully saturated rings. The normalized spacial score (nSPS) is 12.0. The number of hydrogen-bond donors (Lipinski definition) is 3. The fraction of sp³-hybridized carbons (Fsp3) is 0.421. The smallest absolute Gasteiger partial charge is 0.245 e. The monoisotopic (exact) mass is 374 g/mol. The number of aryl methyl sites for hydroxylation is 1. The Morgan fingerprint density at radius 1 is 1.27 bits per heavy atom. The molecule has 1 aromatic carbocycles. The summed E-state index contributed by atoms with van der Waals surface area (Å²) >= 11 is 1.43. The summed E-state index contributed by atoms with van der Waals surface area (Å²) in [7, 11) is 0. The van der Waals surface area contributed by atoms with Gasteiger partial charge in [-0.2, -0.15) is 0 Å². The number of anilines is 1. The van der Waals surface area contributed by atoms with E-state index in [0.717, 1.165) is 17.7 Å². The summed E-state index contributed by atoms with van der Waals surface area (Å²) in [6.45, 7) is 5.73. The minimum atomic E-state index is -0.617. The molecular formula is C19H26N4O2S. The Morgan fingerprint density at radius 3 is 2.69 bits per heavy atom. The first kappa shape index (κ1) is 20.1. The lowest BCUT2D eigenvalue weighted by Gasteiger charge is -2.14. The van der Waals surface area contributed by atoms with Crippen molar-refractivity contribution in [3.05, 3.63) is 46.5 Å². The van der Waals surface area contributed by atoms with Crippen LogP contribution in [-0.4, -0.2) is 29.4 Å². The van der Waals surface area contributed by atoms with E-state index in [9.17, 15) is 9.59 Å². The van der Waals surface area contributed by atoms with E-state index in [0.29, 0.717) is 5.13 Å². The highest BCUT2D eigenvalue weighted by molar-refractivity contribution is 7.15. The summed E-state index contributed by atoms with van der Waals surface area (Å²) in [5.41, 5.74) is 8.27.